The lowest BCUT2D eigenvalue weighted by atomic mass is 10.1. The topological polar surface area (TPSA) is 72.9 Å². The third-order valence-corrected chi connectivity index (χ3v) is 6.11. The minimum atomic E-state index is -0.421. The van der Waals surface area contributed by atoms with E-state index in [2.05, 4.69) is 11.8 Å². The Morgan fingerprint density at radius 2 is 1.75 bits per heavy atom. The summed E-state index contributed by atoms with van der Waals surface area (Å²) in [6.45, 7) is 5.78. The van der Waals surface area contributed by atoms with Gasteiger partial charge in [-0.1, -0.05) is 38.0 Å². The molecule has 0 aliphatic rings. The van der Waals surface area contributed by atoms with E-state index in [9.17, 15) is 5.11 Å². The molecular formula is C29H35N3O4. The van der Waals surface area contributed by atoms with Gasteiger partial charge in [0.1, 0.15) is 17.3 Å². The monoisotopic (exact) mass is 489 g/mol. The van der Waals surface area contributed by atoms with Crippen molar-refractivity contribution in [3.05, 3.63) is 90.0 Å². The van der Waals surface area contributed by atoms with E-state index in [0.717, 1.165) is 47.7 Å². The first-order chi connectivity index (χ1) is 17.6. The summed E-state index contributed by atoms with van der Waals surface area (Å²) in [6, 6.07) is 21.3. The summed E-state index contributed by atoms with van der Waals surface area (Å²) in [5.41, 5.74) is 2.75. The Morgan fingerprint density at radius 1 is 1.00 bits per heavy atom. The Kier molecular flexibility index (Phi) is 8.81. The van der Waals surface area contributed by atoms with Crippen LogP contribution in [0.1, 0.15) is 43.2 Å². The highest BCUT2D eigenvalue weighted by molar-refractivity contribution is 5.44. The minimum Gasteiger partial charge on any atom is -0.497 e. The molecule has 190 valence electrons. The van der Waals surface area contributed by atoms with Gasteiger partial charge in [0, 0.05) is 13.1 Å². The van der Waals surface area contributed by atoms with Gasteiger partial charge in [-0.15, -0.1) is 0 Å². The van der Waals surface area contributed by atoms with Crippen LogP contribution in [0.15, 0.2) is 77.4 Å². The van der Waals surface area contributed by atoms with Crippen molar-refractivity contribution >= 4 is 0 Å². The van der Waals surface area contributed by atoms with Gasteiger partial charge in [0.15, 0.2) is 0 Å². The number of hydrogen-bond acceptors (Lipinski definition) is 6. The lowest BCUT2D eigenvalue weighted by Gasteiger charge is -2.24. The summed E-state index contributed by atoms with van der Waals surface area (Å²) in [4.78, 5) is 2.19. The molecule has 0 aliphatic carbocycles. The van der Waals surface area contributed by atoms with Gasteiger partial charge in [-0.2, -0.15) is 5.10 Å². The molecule has 0 aliphatic heterocycles. The Bertz CT molecular complexity index is 1190. The zero-order valence-corrected chi connectivity index (χ0v) is 21.3. The van der Waals surface area contributed by atoms with E-state index >= 15 is 0 Å². The van der Waals surface area contributed by atoms with Gasteiger partial charge in [0.25, 0.3) is 0 Å². The molecule has 0 bridgehead atoms. The number of ether oxygens (including phenoxy) is 2. The molecule has 36 heavy (non-hydrogen) atoms. The second-order valence-electron chi connectivity index (χ2n) is 8.94. The van der Waals surface area contributed by atoms with Gasteiger partial charge in [-0.25, -0.2) is 4.68 Å². The number of nitrogens with zero attached hydrogens (tertiary/aromatic N) is 3. The highest BCUT2D eigenvalue weighted by Crippen LogP contribution is 2.32. The predicted octanol–water partition coefficient (Wildman–Crippen LogP) is 6.13. The lowest BCUT2D eigenvalue weighted by Crippen LogP contribution is -2.32. The standard InChI is InChI=1S/C29H35N3O4/c1-4-5-12-24(33)19-31(20-27-13-9-18-35-27)21-28-22(2)30-32(23-10-7-6-8-11-23)29(28)36-26-16-14-25(34-3)15-17-26/h6-11,13-18,24,33H,4-5,12,19-21H2,1-3H3. The Labute approximate surface area is 212 Å². The van der Waals surface area contributed by atoms with Crippen molar-refractivity contribution in [1.29, 1.82) is 0 Å². The molecule has 4 aromatic rings. The molecule has 1 N–H and O–H groups in total. The van der Waals surface area contributed by atoms with E-state index in [1.165, 1.54) is 0 Å². The zero-order valence-electron chi connectivity index (χ0n) is 21.3. The van der Waals surface area contributed by atoms with E-state index in [1.807, 2.05) is 78.3 Å². The number of furan rings is 1. The Balaban J connectivity index is 1.68. The van der Waals surface area contributed by atoms with Crippen molar-refractivity contribution < 1.29 is 19.0 Å². The Morgan fingerprint density at radius 3 is 2.42 bits per heavy atom. The second-order valence-corrected chi connectivity index (χ2v) is 8.94. The molecule has 7 nitrogen and oxygen atoms in total. The predicted molar refractivity (Wildman–Crippen MR) is 140 cm³/mol. The first-order valence-electron chi connectivity index (χ1n) is 12.5. The number of hydrogen-bond donors (Lipinski definition) is 1. The normalized spacial score (nSPS) is 12.1. The van der Waals surface area contributed by atoms with Crippen molar-refractivity contribution in [3.8, 4) is 23.1 Å². The van der Waals surface area contributed by atoms with Crippen molar-refractivity contribution in [3.63, 3.8) is 0 Å². The van der Waals surface area contributed by atoms with Crippen LogP contribution in [0, 0.1) is 6.92 Å². The lowest BCUT2D eigenvalue weighted by molar-refractivity contribution is 0.0915. The van der Waals surface area contributed by atoms with Gasteiger partial charge >= 0.3 is 0 Å². The summed E-state index contributed by atoms with van der Waals surface area (Å²) in [6.07, 6.45) is 4.07. The van der Waals surface area contributed by atoms with Crippen LogP contribution in [0.25, 0.3) is 5.69 Å². The zero-order chi connectivity index (χ0) is 25.3. The van der Waals surface area contributed by atoms with Crippen molar-refractivity contribution in [2.45, 2.75) is 52.3 Å². The molecule has 4 rings (SSSR count). The van der Waals surface area contributed by atoms with E-state index in [1.54, 1.807) is 13.4 Å². The van der Waals surface area contributed by atoms with E-state index < -0.39 is 6.10 Å². The summed E-state index contributed by atoms with van der Waals surface area (Å²) in [7, 11) is 1.64. The average Bonchev–Trinajstić information content (AvgIpc) is 3.52. The quantitative estimate of drug-likeness (QED) is 0.244. The second kappa shape index (κ2) is 12.4. The smallest absolute Gasteiger partial charge is 0.227 e. The van der Waals surface area contributed by atoms with Crippen molar-refractivity contribution in [1.82, 2.24) is 14.7 Å². The summed E-state index contributed by atoms with van der Waals surface area (Å²) in [5, 5.41) is 15.6. The number of aryl methyl sites for hydroxylation is 1. The van der Waals surface area contributed by atoms with Crippen LogP contribution in [-0.4, -0.2) is 39.5 Å². The fraction of sp³-hybridized carbons (Fsp3) is 0.345. The number of aliphatic hydroxyl groups is 1. The van der Waals surface area contributed by atoms with Crippen LogP contribution < -0.4 is 9.47 Å². The maximum atomic E-state index is 10.7. The molecular weight excluding hydrogens is 454 g/mol. The molecule has 2 aromatic heterocycles. The van der Waals surface area contributed by atoms with Crippen LogP contribution in [-0.2, 0) is 13.1 Å². The largest absolute Gasteiger partial charge is 0.497 e. The number of methoxy groups -OCH3 is 1. The number of rotatable bonds is 13. The fourth-order valence-corrected chi connectivity index (χ4v) is 4.19. The van der Waals surface area contributed by atoms with Crippen LogP contribution in [0.2, 0.25) is 0 Å². The molecule has 2 aromatic carbocycles. The maximum absolute atomic E-state index is 10.7. The van der Waals surface area contributed by atoms with Gasteiger partial charge < -0.3 is 19.0 Å². The third kappa shape index (κ3) is 6.56. The molecule has 0 fully saturated rings. The van der Waals surface area contributed by atoms with E-state index in [-0.39, 0.29) is 0 Å². The van der Waals surface area contributed by atoms with Gasteiger partial charge in [0.2, 0.25) is 5.88 Å². The molecule has 0 saturated heterocycles. The molecule has 0 saturated carbocycles. The first kappa shape index (κ1) is 25.5. The highest BCUT2D eigenvalue weighted by atomic mass is 16.5. The average molecular weight is 490 g/mol. The summed E-state index contributed by atoms with van der Waals surface area (Å²) in [5.74, 6) is 2.95. The van der Waals surface area contributed by atoms with Crippen molar-refractivity contribution in [2.75, 3.05) is 13.7 Å². The number of para-hydroxylation sites is 1. The first-order valence-corrected chi connectivity index (χ1v) is 12.5. The van der Waals surface area contributed by atoms with Gasteiger partial charge in [0.05, 0.1) is 43.0 Å². The summed E-state index contributed by atoms with van der Waals surface area (Å²) >= 11 is 0. The minimum absolute atomic E-state index is 0.421. The van der Waals surface area contributed by atoms with Crippen LogP contribution in [0.5, 0.6) is 17.4 Å². The number of benzene rings is 2. The highest BCUT2D eigenvalue weighted by Gasteiger charge is 2.23. The summed E-state index contributed by atoms with van der Waals surface area (Å²) < 4.78 is 19.2. The van der Waals surface area contributed by atoms with Crippen LogP contribution >= 0.6 is 0 Å². The SMILES string of the molecule is CCCCC(O)CN(Cc1ccco1)Cc1c(C)nn(-c2ccccc2)c1Oc1ccc(OC)cc1. The fourth-order valence-electron chi connectivity index (χ4n) is 4.19. The van der Waals surface area contributed by atoms with E-state index in [0.29, 0.717) is 31.3 Å². The molecule has 1 unspecified atom stereocenters. The molecule has 0 radical (unpaired) electrons. The van der Waals surface area contributed by atoms with Gasteiger partial charge in [-0.3, -0.25) is 4.90 Å². The molecule has 1 atom stereocenters. The molecule has 7 heteroatoms. The molecule has 0 amide bonds. The Hall–Kier alpha value is -3.55. The van der Waals surface area contributed by atoms with E-state index in [4.69, 9.17) is 19.0 Å². The van der Waals surface area contributed by atoms with Crippen LogP contribution in [0.3, 0.4) is 0 Å². The van der Waals surface area contributed by atoms with Crippen molar-refractivity contribution in [2.24, 2.45) is 0 Å². The number of aromatic nitrogens is 2. The third-order valence-electron chi connectivity index (χ3n) is 6.11. The molecule has 0 spiro atoms. The molecule has 2 heterocycles. The number of aliphatic hydroxyl groups excluding tert-OH is 1. The number of unbranched alkanes of at least 4 members (excludes halogenated alkanes) is 1. The van der Waals surface area contributed by atoms with Gasteiger partial charge in [-0.05, 0) is 61.9 Å². The maximum Gasteiger partial charge on any atom is 0.227 e. The van der Waals surface area contributed by atoms with Crippen LogP contribution in [0.4, 0.5) is 0 Å².